The van der Waals surface area contributed by atoms with E-state index in [1.165, 1.54) is 0 Å². The molecule has 4 nitrogen and oxygen atoms in total. The molecule has 0 N–H and O–H groups in total. The molecule has 5 rings (SSSR count). The van der Waals surface area contributed by atoms with Crippen LogP contribution in [-0.4, -0.2) is 21.9 Å². The van der Waals surface area contributed by atoms with Crippen molar-refractivity contribution >= 4 is 5.78 Å². The van der Waals surface area contributed by atoms with Gasteiger partial charge in [0.2, 0.25) is 0 Å². The molecule has 4 heteroatoms. The summed E-state index contributed by atoms with van der Waals surface area (Å²) < 4.78 is 0. The maximum absolute atomic E-state index is 14.0. The zero-order valence-corrected chi connectivity index (χ0v) is 17.3. The zero-order valence-electron chi connectivity index (χ0n) is 17.3. The minimum atomic E-state index is -0.885. The molecule has 1 aliphatic heterocycles. The highest BCUT2D eigenvalue weighted by Crippen LogP contribution is 2.60. The minimum absolute atomic E-state index is 0.0580. The normalized spacial score (nSPS) is 29.9. The predicted molar refractivity (Wildman–Crippen MR) is 117 cm³/mol. The molecule has 0 spiro atoms. The van der Waals surface area contributed by atoms with Gasteiger partial charge in [-0.15, -0.1) is 0 Å². The first-order valence-corrected chi connectivity index (χ1v) is 10.4. The predicted octanol–water partition coefficient (Wildman–Crippen LogP) is 5.54. The molecule has 4 atom stereocenters. The van der Waals surface area contributed by atoms with Crippen LogP contribution in [0.2, 0.25) is 0 Å². The number of rotatable bonds is 4. The molecule has 0 aromatic heterocycles. The van der Waals surface area contributed by atoms with Crippen LogP contribution in [0, 0.1) is 0 Å². The third-order valence-electron chi connectivity index (χ3n) is 6.85. The van der Waals surface area contributed by atoms with E-state index >= 15 is 0 Å². The third kappa shape index (κ3) is 2.63. The van der Waals surface area contributed by atoms with Gasteiger partial charge in [-0.05, 0) is 30.5 Å². The number of fused-ring (bicyclic) bond motifs is 2. The number of Topliss-reactive ketones (excluding diaryl/α,β-unsaturated/α-hetero) is 1. The fourth-order valence-electron chi connectivity index (χ4n) is 5.38. The number of carbonyl (C=O) groups is 1. The molecule has 1 saturated carbocycles. The van der Waals surface area contributed by atoms with Crippen molar-refractivity contribution in [2.24, 2.45) is 10.3 Å². The summed E-state index contributed by atoms with van der Waals surface area (Å²) in [6.45, 7) is 4.56. The minimum Gasteiger partial charge on any atom is -0.294 e. The lowest BCUT2D eigenvalue weighted by Crippen LogP contribution is -2.55. The van der Waals surface area contributed by atoms with Gasteiger partial charge in [-0.3, -0.25) is 9.80 Å². The highest BCUT2D eigenvalue weighted by Gasteiger charge is 2.69. The van der Waals surface area contributed by atoms with Gasteiger partial charge >= 0.3 is 0 Å². The number of nitrogens with zero attached hydrogens (tertiary/aromatic N) is 3. The summed E-state index contributed by atoms with van der Waals surface area (Å²) >= 11 is 0. The highest BCUT2D eigenvalue weighted by atomic mass is 16.1. The Morgan fingerprint density at radius 3 is 1.83 bits per heavy atom. The fraction of sp³-hybridized carbons (Fsp3) is 0.269. The number of ketones is 1. The summed E-state index contributed by atoms with van der Waals surface area (Å²) in [6.07, 6.45) is 0. The Morgan fingerprint density at radius 1 is 0.767 bits per heavy atom. The standard InChI is InChI=1S/C26H25N3O/c1-25-22(20-14-8-4-9-15-20)23(21-16-10-5-11-17-21)26(2,24(25)30)29(28-27-25)18-19-12-6-3-7-13-19/h3-17,22-23H,18H2,1-2H3/t22-,23-,25+,26-/m1/s1. The monoisotopic (exact) mass is 395 g/mol. The van der Waals surface area contributed by atoms with Crippen molar-refractivity contribution in [1.82, 2.24) is 5.01 Å². The summed E-state index contributed by atoms with van der Waals surface area (Å²) in [6, 6.07) is 30.8. The average Bonchev–Trinajstić information content (AvgIpc) is 2.90. The van der Waals surface area contributed by atoms with E-state index in [4.69, 9.17) is 0 Å². The largest absolute Gasteiger partial charge is 0.294 e. The van der Waals surface area contributed by atoms with E-state index in [1.54, 1.807) is 0 Å². The van der Waals surface area contributed by atoms with Crippen molar-refractivity contribution in [3.8, 4) is 0 Å². The molecule has 3 aromatic rings. The number of benzene rings is 3. The van der Waals surface area contributed by atoms with Crippen LogP contribution < -0.4 is 0 Å². The molecule has 1 aliphatic carbocycles. The molecule has 0 radical (unpaired) electrons. The van der Waals surface area contributed by atoms with Crippen molar-refractivity contribution in [2.75, 3.05) is 0 Å². The second-order valence-electron chi connectivity index (χ2n) is 8.63. The quantitative estimate of drug-likeness (QED) is 0.582. The Morgan fingerprint density at radius 2 is 1.27 bits per heavy atom. The molecule has 150 valence electrons. The summed E-state index contributed by atoms with van der Waals surface area (Å²) in [5.41, 5.74) is 1.73. The number of carbonyl (C=O) groups excluding carboxylic acids is 1. The lowest BCUT2D eigenvalue weighted by Gasteiger charge is -2.41. The van der Waals surface area contributed by atoms with Gasteiger partial charge in [0.05, 0.1) is 6.54 Å². The van der Waals surface area contributed by atoms with E-state index < -0.39 is 11.1 Å². The molecule has 1 fully saturated rings. The van der Waals surface area contributed by atoms with E-state index in [0.717, 1.165) is 16.7 Å². The van der Waals surface area contributed by atoms with Crippen molar-refractivity contribution in [2.45, 2.75) is 43.3 Å². The van der Waals surface area contributed by atoms with Crippen LogP contribution in [-0.2, 0) is 11.3 Å². The fourth-order valence-corrected chi connectivity index (χ4v) is 5.38. The van der Waals surface area contributed by atoms with Crippen molar-refractivity contribution in [1.29, 1.82) is 0 Å². The molecule has 3 aromatic carbocycles. The second-order valence-corrected chi connectivity index (χ2v) is 8.63. The first kappa shape index (κ1) is 18.7. The molecular weight excluding hydrogens is 370 g/mol. The summed E-state index contributed by atoms with van der Waals surface area (Å²) in [5.74, 6) is 0.00377. The van der Waals surface area contributed by atoms with Gasteiger partial charge in [0, 0.05) is 11.8 Å². The number of hydrogen-bond donors (Lipinski definition) is 0. The second kappa shape index (κ2) is 6.91. The maximum atomic E-state index is 14.0. The van der Waals surface area contributed by atoms with Crippen LogP contribution in [0.25, 0.3) is 0 Å². The van der Waals surface area contributed by atoms with Gasteiger partial charge in [-0.1, -0.05) is 96.2 Å². The van der Waals surface area contributed by atoms with Gasteiger partial charge in [-0.25, -0.2) is 0 Å². The van der Waals surface area contributed by atoms with E-state index in [1.807, 2.05) is 66.5 Å². The Kier molecular flexibility index (Phi) is 4.31. The average molecular weight is 396 g/mol. The van der Waals surface area contributed by atoms with Crippen molar-refractivity contribution in [3.05, 3.63) is 108 Å². The molecule has 2 bridgehead atoms. The van der Waals surface area contributed by atoms with Gasteiger partial charge < -0.3 is 0 Å². The molecule has 0 saturated heterocycles. The first-order chi connectivity index (χ1) is 14.5. The third-order valence-corrected chi connectivity index (χ3v) is 6.85. The lowest BCUT2D eigenvalue weighted by atomic mass is 9.74. The highest BCUT2D eigenvalue weighted by molar-refractivity contribution is 6.02. The van der Waals surface area contributed by atoms with E-state index in [2.05, 4.69) is 53.7 Å². The van der Waals surface area contributed by atoms with Crippen LogP contribution in [0.4, 0.5) is 0 Å². The molecule has 2 aliphatic rings. The van der Waals surface area contributed by atoms with E-state index in [-0.39, 0.29) is 17.6 Å². The van der Waals surface area contributed by atoms with Gasteiger partial charge in [0.1, 0.15) is 11.1 Å². The molecule has 0 amide bonds. The summed E-state index contributed by atoms with van der Waals surface area (Å²) in [5, 5.41) is 11.2. The Bertz CT molecular complexity index is 1080. The molecule has 0 unspecified atom stereocenters. The topological polar surface area (TPSA) is 45.0 Å². The van der Waals surface area contributed by atoms with Crippen molar-refractivity contribution in [3.63, 3.8) is 0 Å². The van der Waals surface area contributed by atoms with Crippen LogP contribution in [0.15, 0.2) is 101 Å². The maximum Gasteiger partial charge on any atom is 0.190 e. The van der Waals surface area contributed by atoms with Gasteiger partial charge in [-0.2, -0.15) is 5.11 Å². The Labute approximate surface area is 177 Å². The number of hydrogen-bond acceptors (Lipinski definition) is 4. The molecular formula is C26H25N3O. The first-order valence-electron chi connectivity index (χ1n) is 10.4. The molecule has 1 heterocycles. The Hall–Kier alpha value is -3.27. The van der Waals surface area contributed by atoms with Crippen LogP contribution in [0.3, 0.4) is 0 Å². The van der Waals surface area contributed by atoms with Crippen LogP contribution >= 0.6 is 0 Å². The lowest BCUT2D eigenvalue weighted by molar-refractivity contribution is -0.135. The van der Waals surface area contributed by atoms with Crippen LogP contribution in [0.5, 0.6) is 0 Å². The van der Waals surface area contributed by atoms with Crippen LogP contribution in [0.1, 0.15) is 42.4 Å². The summed E-state index contributed by atoms with van der Waals surface area (Å²) in [4.78, 5) is 14.0. The SMILES string of the molecule is C[C@@]12C(=O)[C@@](C)(N=NN1Cc1ccccc1)[C@H](c1ccccc1)[C@H]2c1ccccc1. The summed E-state index contributed by atoms with van der Waals surface area (Å²) in [7, 11) is 0. The molecule has 30 heavy (non-hydrogen) atoms. The van der Waals surface area contributed by atoms with E-state index in [0.29, 0.717) is 6.54 Å². The van der Waals surface area contributed by atoms with Crippen molar-refractivity contribution < 1.29 is 4.79 Å². The van der Waals surface area contributed by atoms with Gasteiger partial charge in [0.15, 0.2) is 5.78 Å². The van der Waals surface area contributed by atoms with Gasteiger partial charge in [0.25, 0.3) is 0 Å². The Balaban J connectivity index is 1.69. The zero-order chi connectivity index (χ0) is 20.8. The smallest absolute Gasteiger partial charge is 0.190 e. The van der Waals surface area contributed by atoms with E-state index in [9.17, 15) is 4.79 Å².